The molecule has 1 saturated heterocycles. The summed E-state index contributed by atoms with van der Waals surface area (Å²) in [4.78, 5) is 38.6. The second-order valence-electron chi connectivity index (χ2n) is 6.25. The third-order valence-electron chi connectivity index (χ3n) is 4.43. The van der Waals surface area contributed by atoms with Gasteiger partial charge in [0.2, 0.25) is 17.7 Å². The zero-order chi connectivity index (χ0) is 18.8. The van der Waals surface area contributed by atoms with Gasteiger partial charge in [0, 0.05) is 30.9 Å². The zero-order valence-corrected chi connectivity index (χ0v) is 14.6. The van der Waals surface area contributed by atoms with Gasteiger partial charge in [-0.2, -0.15) is 15.0 Å². The Kier molecular flexibility index (Phi) is 4.55. The van der Waals surface area contributed by atoms with Crippen molar-refractivity contribution in [3.05, 3.63) is 35.2 Å². The molecule has 0 unspecified atom stereocenters. The van der Waals surface area contributed by atoms with Crippen LogP contribution in [0.1, 0.15) is 26.5 Å². The second kappa shape index (κ2) is 7.16. The minimum atomic E-state index is -0.487. The lowest BCUT2D eigenvalue weighted by Gasteiger charge is -2.26. The number of ether oxygens (including phenoxy) is 1. The van der Waals surface area contributed by atoms with E-state index in [1.807, 2.05) is 4.90 Å². The number of anilines is 3. The summed E-state index contributed by atoms with van der Waals surface area (Å²) in [5, 5.41) is 5.55. The number of aromatic nitrogens is 3. The number of morpholine rings is 1. The monoisotopic (exact) mass is 369 g/mol. The molecule has 0 aliphatic carbocycles. The number of nitrogens with zero attached hydrogens (tertiary/aromatic N) is 4. The van der Waals surface area contributed by atoms with Gasteiger partial charge in [-0.15, -0.1) is 0 Å². The lowest BCUT2D eigenvalue weighted by molar-refractivity contribution is 0.0945. The van der Waals surface area contributed by atoms with Gasteiger partial charge in [0.15, 0.2) is 0 Å². The van der Waals surface area contributed by atoms with Gasteiger partial charge in [-0.3, -0.25) is 9.59 Å². The van der Waals surface area contributed by atoms with Crippen LogP contribution in [0.25, 0.3) is 0 Å². The van der Waals surface area contributed by atoms with E-state index in [9.17, 15) is 9.59 Å². The first-order valence-corrected chi connectivity index (χ1v) is 8.67. The molecule has 2 aliphatic heterocycles. The number of fused-ring (bicyclic) bond motifs is 1. The van der Waals surface area contributed by atoms with Gasteiger partial charge in [-0.25, -0.2) is 0 Å². The van der Waals surface area contributed by atoms with Crippen LogP contribution in [0.2, 0.25) is 0 Å². The molecule has 140 valence electrons. The zero-order valence-electron chi connectivity index (χ0n) is 14.6. The van der Waals surface area contributed by atoms with E-state index in [4.69, 9.17) is 10.5 Å². The number of hydrogen-bond acceptors (Lipinski definition) is 8. The highest BCUT2D eigenvalue weighted by atomic mass is 16.5. The second-order valence-corrected chi connectivity index (χ2v) is 6.25. The minimum absolute atomic E-state index is 0.0150. The predicted octanol–water partition coefficient (Wildman–Crippen LogP) is -0.171. The molecular formula is C17H19N7O3. The molecule has 0 spiro atoms. The number of benzene rings is 1. The molecule has 0 saturated carbocycles. The summed E-state index contributed by atoms with van der Waals surface area (Å²) < 4.78 is 5.31. The van der Waals surface area contributed by atoms with Crippen LogP contribution in [0, 0.1) is 0 Å². The van der Waals surface area contributed by atoms with Crippen LogP contribution in [-0.4, -0.2) is 59.6 Å². The average molecular weight is 369 g/mol. The molecule has 1 aromatic carbocycles. The van der Waals surface area contributed by atoms with Crippen LogP contribution >= 0.6 is 0 Å². The molecule has 0 atom stereocenters. The molecule has 2 aliphatic rings. The van der Waals surface area contributed by atoms with Crippen LogP contribution in [0.4, 0.5) is 17.6 Å². The maximum absolute atomic E-state index is 12.6. The molecule has 0 bridgehead atoms. The predicted molar refractivity (Wildman–Crippen MR) is 97.7 cm³/mol. The molecule has 1 aromatic heterocycles. The summed E-state index contributed by atoms with van der Waals surface area (Å²) in [5.74, 6) is -0.301. The number of rotatable bonds is 3. The Balaban J connectivity index is 1.54. The highest BCUT2D eigenvalue weighted by Gasteiger charge is 2.20. The molecule has 27 heavy (non-hydrogen) atoms. The van der Waals surface area contributed by atoms with E-state index < -0.39 is 5.91 Å². The highest BCUT2D eigenvalue weighted by Crippen LogP contribution is 2.20. The average Bonchev–Trinajstić information content (AvgIpc) is 2.68. The van der Waals surface area contributed by atoms with Crippen LogP contribution in [0.3, 0.4) is 0 Å². The SMILES string of the molecule is Nc1nc(C(=O)Nc2ccc3c(c2)CCNC3=O)nc(N2CCOCC2)n1. The molecule has 4 rings (SSSR count). The summed E-state index contributed by atoms with van der Waals surface area (Å²) in [6.07, 6.45) is 0.713. The van der Waals surface area contributed by atoms with Crippen molar-refractivity contribution in [3.63, 3.8) is 0 Å². The smallest absolute Gasteiger partial charge is 0.293 e. The van der Waals surface area contributed by atoms with E-state index in [1.54, 1.807) is 18.2 Å². The molecule has 10 nitrogen and oxygen atoms in total. The molecule has 2 amide bonds. The highest BCUT2D eigenvalue weighted by molar-refractivity contribution is 6.03. The van der Waals surface area contributed by atoms with Gasteiger partial charge in [0.05, 0.1) is 13.2 Å². The minimum Gasteiger partial charge on any atom is -0.378 e. The van der Waals surface area contributed by atoms with Gasteiger partial charge in [-0.1, -0.05) is 0 Å². The Bertz CT molecular complexity index is 896. The fourth-order valence-electron chi connectivity index (χ4n) is 3.08. The summed E-state index contributed by atoms with van der Waals surface area (Å²) in [6, 6.07) is 5.16. The Morgan fingerprint density at radius 2 is 2.04 bits per heavy atom. The number of carbonyl (C=O) groups is 2. The van der Waals surface area contributed by atoms with Crippen molar-refractivity contribution in [1.82, 2.24) is 20.3 Å². The van der Waals surface area contributed by atoms with Crippen LogP contribution in [0.5, 0.6) is 0 Å². The van der Waals surface area contributed by atoms with Crippen molar-refractivity contribution in [2.75, 3.05) is 48.8 Å². The number of carbonyl (C=O) groups excluding carboxylic acids is 2. The molecule has 3 heterocycles. The topological polar surface area (TPSA) is 135 Å². The van der Waals surface area contributed by atoms with E-state index in [2.05, 4.69) is 25.6 Å². The van der Waals surface area contributed by atoms with Crippen LogP contribution < -0.4 is 21.3 Å². The summed E-state index contributed by atoms with van der Waals surface area (Å²) in [5.41, 5.74) is 7.84. The Labute approximate surface area is 155 Å². The summed E-state index contributed by atoms with van der Waals surface area (Å²) >= 11 is 0. The molecule has 1 fully saturated rings. The number of nitrogen functional groups attached to an aromatic ring is 1. The summed E-state index contributed by atoms with van der Waals surface area (Å²) in [7, 11) is 0. The standard InChI is InChI=1S/C17H19N7O3/c18-16-21-13(22-17(23-16)24-5-7-27-8-6-24)15(26)20-11-1-2-12-10(9-11)3-4-19-14(12)25/h1-2,9H,3-8H2,(H,19,25)(H,20,26)(H2,18,21,22,23). The van der Waals surface area contributed by atoms with Crippen molar-refractivity contribution >= 4 is 29.4 Å². The maximum atomic E-state index is 12.6. The van der Waals surface area contributed by atoms with E-state index in [1.165, 1.54) is 0 Å². The molecule has 0 radical (unpaired) electrons. The number of amides is 2. The van der Waals surface area contributed by atoms with Gasteiger partial charge in [0.25, 0.3) is 11.8 Å². The van der Waals surface area contributed by atoms with Crippen molar-refractivity contribution < 1.29 is 14.3 Å². The van der Waals surface area contributed by atoms with Crippen LogP contribution in [0.15, 0.2) is 18.2 Å². The van der Waals surface area contributed by atoms with Crippen molar-refractivity contribution in [2.45, 2.75) is 6.42 Å². The lowest BCUT2D eigenvalue weighted by atomic mass is 10.00. The van der Waals surface area contributed by atoms with E-state index in [0.29, 0.717) is 56.5 Å². The third kappa shape index (κ3) is 3.65. The van der Waals surface area contributed by atoms with Gasteiger partial charge < -0.3 is 26.0 Å². The van der Waals surface area contributed by atoms with Gasteiger partial charge >= 0.3 is 0 Å². The fraction of sp³-hybridized carbons (Fsp3) is 0.353. The first-order chi connectivity index (χ1) is 13.1. The molecular weight excluding hydrogens is 350 g/mol. The molecule has 2 aromatic rings. The van der Waals surface area contributed by atoms with Crippen molar-refractivity contribution in [3.8, 4) is 0 Å². The quantitative estimate of drug-likeness (QED) is 0.678. The number of nitrogens with two attached hydrogens (primary N) is 1. The van der Waals surface area contributed by atoms with Gasteiger partial charge in [-0.05, 0) is 30.2 Å². The van der Waals surface area contributed by atoms with Crippen LogP contribution in [-0.2, 0) is 11.2 Å². The van der Waals surface area contributed by atoms with E-state index in [-0.39, 0.29) is 17.7 Å². The van der Waals surface area contributed by atoms with Crippen molar-refractivity contribution in [2.24, 2.45) is 0 Å². The third-order valence-corrected chi connectivity index (χ3v) is 4.43. The Morgan fingerprint density at radius 1 is 1.22 bits per heavy atom. The molecule has 10 heteroatoms. The molecule has 4 N–H and O–H groups in total. The van der Waals surface area contributed by atoms with E-state index in [0.717, 1.165) is 5.56 Å². The lowest BCUT2D eigenvalue weighted by Crippen LogP contribution is -2.38. The fourth-order valence-corrected chi connectivity index (χ4v) is 3.08. The largest absolute Gasteiger partial charge is 0.378 e. The number of nitrogens with one attached hydrogen (secondary N) is 2. The van der Waals surface area contributed by atoms with Gasteiger partial charge in [0.1, 0.15) is 0 Å². The first-order valence-electron chi connectivity index (χ1n) is 8.67. The number of hydrogen-bond donors (Lipinski definition) is 3. The first kappa shape index (κ1) is 17.2. The Morgan fingerprint density at radius 3 is 2.85 bits per heavy atom. The Hall–Kier alpha value is -3.27. The summed E-state index contributed by atoms with van der Waals surface area (Å²) in [6.45, 7) is 2.95. The van der Waals surface area contributed by atoms with E-state index >= 15 is 0 Å². The van der Waals surface area contributed by atoms with Crippen molar-refractivity contribution in [1.29, 1.82) is 0 Å². The maximum Gasteiger partial charge on any atom is 0.293 e. The normalized spacial score (nSPS) is 16.4.